The molecule has 1 atom stereocenters. The van der Waals surface area contributed by atoms with Gasteiger partial charge in [0.1, 0.15) is 0 Å². The van der Waals surface area contributed by atoms with Crippen molar-refractivity contribution >= 4 is 5.97 Å². The first-order valence-electron chi connectivity index (χ1n) is 5.97. The third kappa shape index (κ3) is 3.40. The molecule has 0 aliphatic heterocycles. The fourth-order valence-corrected chi connectivity index (χ4v) is 1.93. The molecule has 0 aliphatic carbocycles. The summed E-state index contributed by atoms with van der Waals surface area (Å²) in [5.74, 6) is -1.07. The molecule has 0 saturated carbocycles. The van der Waals surface area contributed by atoms with Gasteiger partial charge in [-0.05, 0) is 17.7 Å². The minimum Gasteiger partial charge on any atom is -0.481 e. The molecule has 1 aromatic carbocycles. The zero-order valence-corrected chi connectivity index (χ0v) is 10.7. The fourth-order valence-electron chi connectivity index (χ4n) is 1.93. The Morgan fingerprint density at radius 1 is 1.33 bits per heavy atom. The molecule has 1 unspecified atom stereocenters. The standard InChI is InChI=1S/C13H12F3N3O2/c14-13(15,16)8-3-1-7(2-4-8)12-9(6-18-19-12)10(17)5-11(20)21/h1-4,6,10H,5,17H2,(H,18,19)(H,20,21). The summed E-state index contributed by atoms with van der Waals surface area (Å²) < 4.78 is 37.5. The quantitative estimate of drug-likeness (QED) is 0.809. The lowest BCUT2D eigenvalue weighted by Crippen LogP contribution is -2.15. The SMILES string of the molecule is NC(CC(=O)O)c1cn[nH]c1-c1ccc(C(F)(F)F)cc1. The number of hydrogen-bond donors (Lipinski definition) is 3. The lowest BCUT2D eigenvalue weighted by Gasteiger charge is -2.11. The molecule has 0 spiro atoms. The highest BCUT2D eigenvalue weighted by molar-refractivity contribution is 5.70. The monoisotopic (exact) mass is 299 g/mol. The van der Waals surface area contributed by atoms with Crippen LogP contribution in [0.3, 0.4) is 0 Å². The minimum atomic E-state index is -4.41. The van der Waals surface area contributed by atoms with Gasteiger partial charge >= 0.3 is 12.1 Å². The second-order valence-electron chi connectivity index (χ2n) is 4.48. The molecule has 0 fully saturated rings. The number of carboxylic acids is 1. The number of alkyl halides is 3. The Kier molecular flexibility index (Phi) is 3.99. The molecule has 21 heavy (non-hydrogen) atoms. The van der Waals surface area contributed by atoms with Gasteiger partial charge in [0.05, 0.1) is 23.9 Å². The van der Waals surface area contributed by atoms with E-state index in [9.17, 15) is 18.0 Å². The van der Waals surface area contributed by atoms with Gasteiger partial charge in [0.2, 0.25) is 0 Å². The van der Waals surface area contributed by atoms with E-state index in [1.807, 2.05) is 0 Å². The summed E-state index contributed by atoms with van der Waals surface area (Å²) in [4.78, 5) is 10.7. The number of benzene rings is 1. The molecule has 1 aromatic heterocycles. The van der Waals surface area contributed by atoms with Gasteiger partial charge in [-0.15, -0.1) is 0 Å². The average molecular weight is 299 g/mol. The molecule has 2 rings (SSSR count). The van der Waals surface area contributed by atoms with Crippen molar-refractivity contribution in [1.82, 2.24) is 10.2 Å². The van der Waals surface area contributed by atoms with Crippen LogP contribution in [0.25, 0.3) is 11.3 Å². The predicted octanol–water partition coefficient (Wildman–Crippen LogP) is 2.57. The van der Waals surface area contributed by atoms with Crippen molar-refractivity contribution < 1.29 is 23.1 Å². The van der Waals surface area contributed by atoms with Crippen LogP contribution in [0.15, 0.2) is 30.5 Å². The molecule has 4 N–H and O–H groups in total. The third-order valence-electron chi connectivity index (χ3n) is 2.96. The van der Waals surface area contributed by atoms with Crippen LogP contribution in [0, 0.1) is 0 Å². The summed E-state index contributed by atoms with van der Waals surface area (Å²) in [5.41, 5.74) is 6.31. The van der Waals surface area contributed by atoms with Gasteiger partial charge in [0, 0.05) is 11.6 Å². The van der Waals surface area contributed by atoms with Gasteiger partial charge in [-0.1, -0.05) is 12.1 Å². The average Bonchev–Trinajstić information content (AvgIpc) is 2.86. The normalized spacial score (nSPS) is 13.1. The number of aromatic amines is 1. The predicted molar refractivity (Wildman–Crippen MR) is 68.2 cm³/mol. The Morgan fingerprint density at radius 2 is 1.95 bits per heavy atom. The van der Waals surface area contributed by atoms with Crippen LogP contribution in [0.5, 0.6) is 0 Å². The first-order chi connectivity index (χ1) is 9.79. The molecule has 0 aliphatic rings. The molecular formula is C13H12F3N3O2. The van der Waals surface area contributed by atoms with Gasteiger partial charge < -0.3 is 10.8 Å². The Morgan fingerprint density at radius 3 is 2.48 bits per heavy atom. The zero-order valence-electron chi connectivity index (χ0n) is 10.7. The maximum Gasteiger partial charge on any atom is 0.416 e. The molecule has 0 radical (unpaired) electrons. The first kappa shape index (κ1) is 15.0. The second-order valence-corrected chi connectivity index (χ2v) is 4.48. The summed E-state index contributed by atoms with van der Waals surface area (Å²) in [5, 5.41) is 15.1. The topological polar surface area (TPSA) is 92.0 Å². The Labute approximate surface area is 117 Å². The highest BCUT2D eigenvalue weighted by atomic mass is 19.4. The van der Waals surface area contributed by atoms with Crippen molar-refractivity contribution in [2.75, 3.05) is 0 Å². The zero-order chi connectivity index (χ0) is 15.6. The molecule has 0 amide bonds. The van der Waals surface area contributed by atoms with Crippen LogP contribution in [-0.2, 0) is 11.0 Å². The van der Waals surface area contributed by atoms with E-state index >= 15 is 0 Å². The van der Waals surface area contributed by atoms with E-state index in [0.717, 1.165) is 12.1 Å². The van der Waals surface area contributed by atoms with Gasteiger partial charge in [0.25, 0.3) is 0 Å². The number of carboxylic acid groups (broad SMARTS) is 1. The first-order valence-corrected chi connectivity index (χ1v) is 5.97. The van der Waals surface area contributed by atoms with E-state index in [0.29, 0.717) is 16.8 Å². The van der Waals surface area contributed by atoms with E-state index in [-0.39, 0.29) is 6.42 Å². The van der Waals surface area contributed by atoms with Crippen LogP contribution in [0.1, 0.15) is 23.6 Å². The van der Waals surface area contributed by atoms with E-state index in [4.69, 9.17) is 10.8 Å². The Balaban J connectivity index is 2.31. The van der Waals surface area contributed by atoms with Crippen molar-refractivity contribution in [3.8, 4) is 11.3 Å². The number of halogens is 3. The molecule has 0 bridgehead atoms. The number of rotatable bonds is 4. The molecule has 112 valence electrons. The number of hydrogen-bond acceptors (Lipinski definition) is 3. The number of aliphatic carboxylic acids is 1. The number of nitrogens with one attached hydrogen (secondary N) is 1. The highest BCUT2D eigenvalue weighted by Crippen LogP contribution is 2.32. The Hall–Kier alpha value is -2.35. The summed E-state index contributed by atoms with van der Waals surface area (Å²) in [6.07, 6.45) is -3.33. The van der Waals surface area contributed by atoms with Gasteiger partial charge in [-0.25, -0.2) is 0 Å². The molecular weight excluding hydrogens is 287 g/mol. The van der Waals surface area contributed by atoms with Gasteiger partial charge in [-0.3, -0.25) is 9.89 Å². The van der Waals surface area contributed by atoms with Crippen molar-refractivity contribution in [2.24, 2.45) is 5.73 Å². The number of nitrogens with zero attached hydrogens (tertiary/aromatic N) is 1. The van der Waals surface area contributed by atoms with E-state index in [1.54, 1.807) is 0 Å². The summed E-state index contributed by atoms with van der Waals surface area (Å²) in [7, 11) is 0. The third-order valence-corrected chi connectivity index (χ3v) is 2.96. The smallest absolute Gasteiger partial charge is 0.416 e. The van der Waals surface area contributed by atoms with Crippen molar-refractivity contribution in [3.63, 3.8) is 0 Å². The van der Waals surface area contributed by atoms with Gasteiger partial charge in [0.15, 0.2) is 0 Å². The molecule has 2 aromatic rings. The lowest BCUT2D eigenvalue weighted by atomic mass is 10.00. The van der Waals surface area contributed by atoms with Crippen LogP contribution < -0.4 is 5.73 Å². The molecule has 1 heterocycles. The fraction of sp³-hybridized carbons (Fsp3) is 0.231. The minimum absolute atomic E-state index is 0.298. The number of H-pyrrole nitrogens is 1. The molecule has 5 nitrogen and oxygen atoms in total. The summed E-state index contributed by atoms with van der Waals surface area (Å²) in [6, 6.07) is 3.67. The summed E-state index contributed by atoms with van der Waals surface area (Å²) >= 11 is 0. The summed E-state index contributed by atoms with van der Waals surface area (Å²) in [6.45, 7) is 0. The van der Waals surface area contributed by atoms with E-state index in [2.05, 4.69) is 10.2 Å². The van der Waals surface area contributed by atoms with E-state index < -0.39 is 23.8 Å². The van der Waals surface area contributed by atoms with E-state index in [1.165, 1.54) is 18.3 Å². The van der Waals surface area contributed by atoms with Gasteiger partial charge in [-0.2, -0.15) is 18.3 Å². The lowest BCUT2D eigenvalue weighted by molar-refractivity contribution is -0.138. The molecule has 8 heteroatoms. The Bertz CT molecular complexity index is 635. The van der Waals surface area contributed by atoms with Crippen LogP contribution in [-0.4, -0.2) is 21.3 Å². The maximum absolute atomic E-state index is 12.5. The number of aromatic nitrogens is 2. The van der Waals surface area contributed by atoms with Crippen molar-refractivity contribution in [1.29, 1.82) is 0 Å². The number of nitrogens with two attached hydrogens (primary N) is 1. The van der Waals surface area contributed by atoms with Crippen LogP contribution in [0.2, 0.25) is 0 Å². The van der Waals surface area contributed by atoms with Crippen LogP contribution >= 0.6 is 0 Å². The number of carbonyl (C=O) groups is 1. The largest absolute Gasteiger partial charge is 0.481 e. The second kappa shape index (κ2) is 5.57. The van der Waals surface area contributed by atoms with Crippen molar-refractivity contribution in [2.45, 2.75) is 18.6 Å². The molecule has 0 saturated heterocycles. The highest BCUT2D eigenvalue weighted by Gasteiger charge is 2.30. The van der Waals surface area contributed by atoms with Crippen molar-refractivity contribution in [3.05, 3.63) is 41.6 Å². The van der Waals surface area contributed by atoms with Crippen LogP contribution in [0.4, 0.5) is 13.2 Å². The maximum atomic E-state index is 12.5.